The summed E-state index contributed by atoms with van der Waals surface area (Å²) in [6.07, 6.45) is 0.268. The summed E-state index contributed by atoms with van der Waals surface area (Å²) in [7, 11) is -2.16. The third-order valence-electron chi connectivity index (χ3n) is 2.19. The molecule has 1 aliphatic heterocycles. The Morgan fingerprint density at radius 1 is 1.62 bits per heavy atom. The number of hydrogen-bond acceptors (Lipinski definition) is 4. The monoisotopic (exact) mass is 210 g/mol. The molecule has 1 saturated heterocycles. The zero-order chi connectivity index (χ0) is 10.1. The highest BCUT2D eigenvalue weighted by atomic mass is 32.2. The number of aliphatic hydroxyl groups is 2. The maximum absolute atomic E-state index is 11.2. The van der Waals surface area contributed by atoms with Crippen LogP contribution in [0.1, 0.15) is 6.42 Å². The van der Waals surface area contributed by atoms with E-state index in [0.717, 1.165) is 4.31 Å². The fourth-order valence-electron chi connectivity index (χ4n) is 1.28. The molecule has 0 aromatic heterocycles. The van der Waals surface area contributed by atoms with Gasteiger partial charge in [-0.1, -0.05) is 0 Å². The van der Waals surface area contributed by atoms with Crippen molar-refractivity contribution in [3.05, 3.63) is 0 Å². The molecule has 0 amide bonds. The van der Waals surface area contributed by atoms with Crippen molar-refractivity contribution >= 4 is 10.2 Å². The third kappa shape index (κ3) is 2.18. The molecule has 7 heteroatoms. The first-order valence-electron chi connectivity index (χ1n) is 3.95. The van der Waals surface area contributed by atoms with Gasteiger partial charge in [0.1, 0.15) is 5.60 Å². The van der Waals surface area contributed by atoms with Crippen molar-refractivity contribution in [3.63, 3.8) is 0 Å². The Bertz CT molecular complexity index is 278. The zero-order valence-corrected chi connectivity index (χ0v) is 8.21. The van der Waals surface area contributed by atoms with E-state index in [1.165, 1.54) is 7.05 Å². The maximum atomic E-state index is 11.2. The lowest BCUT2D eigenvalue weighted by atomic mass is 10.1. The van der Waals surface area contributed by atoms with Crippen LogP contribution in [0.4, 0.5) is 0 Å². The highest BCUT2D eigenvalue weighted by molar-refractivity contribution is 7.87. The number of β-amino-alcohol motifs (C(OH)–C–C–N with tert-alkyl or cyclic N) is 1. The Labute approximate surface area is 77.4 Å². The molecule has 1 fully saturated rings. The van der Waals surface area contributed by atoms with Crippen LogP contribution in [0.15, 0.2) is 0 Å². The molecule has 0 aromatic rings. The summed E-state index contributed by atoms with van der Waals surface area (Å²) < 4.78 is 25.7. The van der Waals surface area contributed by atoms with Gasteiger partial charge in [-0.2, -0.15) is 12.7 Å². The van der Waals surface area contributed by atoms with Crippen LogP contribution in [0, 0.1) is 0 Å². The predicted molar refractivity (Wildman–Crippen MR) is 46.2 cm³/mol. The molecule has 0 aromatic carbocycles. The number of rotatable bonds is 3. The molecule has 1 rings (SSSR count). The molecule has 1 aliphatic rings. The first-order chi connectivity index (χ1) is 5.93. The minimum Gasteiger partial charge on any atom is -0.393 e. The van der Waals surface area contributed by atoms with Gasteiger partial charge in [-0.3, -0.25) is 0 Å². The van der Waals surface area contributed by atoms with E-state index in [4.69, 9.17) is 5.11 Å². The summed E-state index contributed by atoms with van der Waals surface area (Å²) in [4.78, 5) is 0. The van der Waals surface area contributed by atoms with Gasteiger partial charge in [-0.05, 0) is 6.42 Å². The molecule has 78 valence electrons. The number of aliphatic hydroxyl groups excluding tert-OH is 1. The average molecular weight is 210 g/mol. The maximum Gasteiger partial charge on any atom is 0.279 e. The summed E-state index contributed by atoms with van der Waals surface area (Å²) in [6.45, 7) is -0.227. The van der Waals surface area contributed by atoms with E-state index in [-0.39, 0.29) is 19.5 Å². The summed E-state index contributed by atoms with van der Waals surface area (Å²) in [5.41, 5.74) is -1.27. The highest BCUT2D eigenvalue weighted by Crippen LogP contribution is 2.22. The van der Waals surface area contributed by atoms with Gasteiger partial charge in [0.05, 0.1) is 6.61 Å². The highest BCUT2D eigenvalue weighted by Gasteiger charge is 2.40. The lowest BCUT2D eigenvalue weighted by molar-refractivity contribution is -0.000777. The number of nitrogens with one attached hydrogen (secondary N) is 1. The molecule has 1 unspecified atom stereocenters. The van der Waals surface area contributed by atoms with E-state index in [1.807, 2.05) is 0 Å². The van der Waals surface area contributed by atoms with E-state index in [1.54, 1.807) is 0 Å². The van der Waals surface area contributed by atoms with Crippen LogP contribution < -0.4 is 4.72 Å². The largest absolute Gasteiger partial charge is 0.393 e. The molecular weight excluding hydrogens is 196 g/mol. The van der Waals surface area contributed by atoms with E-state index in [0.29, 0.717) is 0 Å². The fraction of sp³-hybridized carbons (Fsp3) is 1.00. The van der Waals surface area contributed by atoms with Crippen LogP contribution in [0.3, 0.4) is 0 Å². The molecule has 13 heavy (non-hydrogen) atoms. The van der Waals surface area contributed by atoms with Gasteiger partial charge in [0, 0.05) is 20.1 Å². The second-order valence-corrected chi connectivity index (χ2v) is 5.05. The Morgan fingerprint density at radius 2 is 2.23 bits per heavy atom. The van der Waals surface area contributed by atoms with Crippen molar-refractivity contribution in [2.75, 3.05) is 26.7 Å². The van der Waals surface area contributed by atoms with Crippen molar-refractivity contribution in [1.82, 2.24) is 9.03 Å². The molecular formula is C6H14N2O4S. The smallest absolute Gasteiger partial charge is 0.279 e. The van der Waals surface area contributed by atoms with Gasteiger partial charge in [0.25, 0.3) is 10.2 Å². The van der Waals surface area contributed by atoms with Gasteiger partial charge in [-0.25, -0.2) is 4.72 Å². The van der Waals surface area contributed by atoms with Gasteiger partial charge in [0.2, 0.25) is 0 Å². The average Bonchev–Trinajstić information content (AvgIpc) is 2.50. The topological polar surface area (TPSA) is 89.9 Å². The summed E-state index contributed by atoms with van der Waals surface area (Å²) in [5.74, 6) is 0. The van der Waals surface area contributed by atoms with Gasteiger partial charge >= 0.3 is 0 Å². The van der Waals surface area contributed by atoms with Crippen molar-refractivity contribution in [3.8, 4) is 0 Å². The van der Waals surface area contributed by atoms with E-state index >= 15 is 0 Å². The standard InChI is InChI=1S/C6H14N2O4S/c1-7-13(11,12)8-3-2-6(10,4-8)5-9/h7,9-10H,2-5H2,1H3. The van der Waals surface area contributed by atoms with Crippen molar-refractivity contribution < 1.29 is 18.6 Å². The summed E-state index contributed by atoms with van der Waals surface area (Å²) in [6, 6.07) is 0. The first-order valence-corrected chi connectivity index (χ1v) is 5.39. The molecule has 1 atom stereocenters. The van der Waals surface area contributed by atoms with Gasteiger partial charge in [-0.15, -0.1) is 0 Å². The third-order valence-corrected chi connectivity index (χ3v) is 3.70. The lowest BCUT2D eigenvalue weighted by Gasteiger charge is -2.20. The molecule has 0 aliphatic carbocycles. The SMILES string of the molecule is CNS(=O)(=O)N1CCC(O)(CO)C1. The molecule has 1 heterocycles. The van der Waals surface area contributed by atoms with Crippen molar-refractivity contribution in [1.29, 1.82) is 0 Å². The van der Waals surface area contributed by atoms with Crippen LogP contribution in [0.2, 0.25) is 0 Å². The minimum absolute atomic E-state index is 0.0489. The minimum atomic E-state index is -3.47. The molecule has 0 radical (unpaired) electrons. The Hall–Kier alpha value is -0.210. The normalized spacial score (nSPS) is 31.0. The lowest BCUT2D eigenvalue weighted by Crippen LogP contribution is -2.42. The molecule has 0 bridgehead atoms. The van der Waals surface area contributed by atoms with Crippen LogP contribution >= 0.6 is 0 Å². The van der Waals surface area contributed by atoms with Crippen LogP contribution in [0.5, 0.6) is 0 Å². The van der Waals surface area contributed by atoms with E-state index < -0.39 is 22.4 Å². The number of hydrogen-bond donors (Lipinski definition) is 3. The van der Waals surface area contributed by atoms with E-state index in [2.05, 4.69) is 4.72 Å². The predicted octanol–water partition coefficient (Wildman–Crippen LogP) is -2.12. The Morgan fingerprint density at radius 3 is 2.62 bits per heavy atom. The molecule has 0 spiro atoms. The quantitative estimate of drug-likeness (QED) is 0.497. The van der Waals surface area contributed by atoms with Crippen LogP contribution in [0.25, 0.3) is 0 Å². The van der Waals surface area contributed by atoms with Gasteiger partial charge in [0.15, 0.2) is 0 Å². The second kappa shape index (κ2) is 3.50. The molecule has 6 nitrogen and oxygen atoms in total. The van der Waals surface area contributed by atoms with Crippen molar-refractivity contribution in [2.24, 2.45) is 0 Å². The Kier molecular flexibility index (Phi) is 2.93. The zero-order valence-electron chi connectivity index (χ0n) is 7.39. The first kappa shape index (κ1) is 10.9. The molecule has 3 N–H and O–H groups in total. The van der Waals surface area contributed by atoms with Gasteiger partial charge < -0.3 is 10.2 Å². The van der Waals surface area contributed by atoms with Crippen LogP contribution in [-0.4, -0.2) is 55.3 Å². The van der Waals surface area contributed by atoms with Crippen molar-refractivity contribution in [2.45, 2.75) is 12.0 Å². The summed E-state index contributed by atoms with van der Waals surface area (Å²) in [5, 5.41) is 18.3. The Balaban J connectivity index is 2.71. The summed E-state index contributed by atoms with van der Waals surface area (Å²) >= 11 is 0. The molecule has 0 saturated carbocycles. The van der Waals surface area contributed by atoms with Crippen LogP contribution in [-0.2, 0) is 10.2 Å². The fourth-order valence-corrected chi connectivity index (χ4v) is 2.28. The number of nitrogens with zero attached hydrogens (tertiary/aromatic N) is 1. The van der Waals surface area contributed by atoms with E-state index in [9.17, 15) is 13.5 Å². The second-order valence-electron chi connectivity index (χ2n) is 3.18.